The number of amides is 1. The van der Waals surface area contributed by atoms with Gasteiger partial charge in [-0.15, -0.1) is 0 Å². The molecule has 2 rings (SSSR count). The third-order valence-electron chi connectivity index (χ3n) is 3.74. The number of benzene rings is 2. The molecule has 0 saturated carbocycles. The van der Waals surface area contributed by atoms with Crippen LogP contribution in [0.5, 0.6) is 0 Å². The molecule has 4 heteroatoms. The fourth-order valence-electron chi connectivity index (χ4n) is 2.25. The molecule has 1 amide bonds. The van der Waals surface area contributed by atoms with Gasteiger partial charge < -0.3 is 10.4 Å². The zero-order valence-electron chi connectivity index (χ0n) is 13.6. The predicted octanol–water partition coefficient (Wildman–Crippen LogP) is 2.65. The van der Waals surface area contributed by atoms with E-state index in [2.05, 4.69) is 5.32 Å². The van der Waals surface area contributed by atoms with E-state index in [0.29, 0.717) is 16.7 Å². The summed E-state index contributed by atoms with van der Waals surface area (Å²) in [5.41, 5.74) is 3.38. The van der Waals surface area contributed by atoms with Crippen LogP contribution in [0.3, 0.4) is 0 Å². The molecule has 0 aliphatic heterocycles. The van der Waals surface area contributed by atoms with Crippen LogP contribution in [0, 0.1) is 13.8 Å². The molecule has 0 bridgehead atoms. The Kier molecular flexibility index (Phi) is 5.29. The number of aryl methyl sites for hydroxylation is 2. The highest BCUT2D eigenvalue weighted by atomic mass is 16.3. The monoisotopic (exact) mass is 311 g/mol. The summed E-state index contributed by atoms with van der Waals surface area (Å²) in [4.78, 5) is 25.0. The zero-order chi connectivity index (χ0) is 17.0. The van der Waals surface area contributed by atoms with Crippen molar-refractivity contribution in [3.05, 3.63) is 70.3 Å². The zero-order valence-corrected chi connectivity index (χ0v) is 13.6. The number of carbonyl (C=O) groups excluding carboxylic acids is 2. The smallest absolute Gasteiger partial charge is 0.252 e. The van der Waals surface area contributed by atoms with E-state index in [4.69, 9.17) is 0 Å². The van der Waals surface area contributed by atoms with Gasteiger partial charge in [0.05, 0.1) is 11.7 Å². The second-order valence-corrected chi connectivity index (χ2v) is 5.73. The molecule has 2 aromatic rings. The molecule has 0 aromatic heterocycles. The Balaban J connectivity index is 2.34. The van der Waals surface area contributed by atoms with Crippen molar-refractivity contribution < 1.29 is 14.7 Å². The summed E-state index contributed by atoms with van der Waals surface area (Å²) in [6, 6.07) is 12.2. The van der Waals surface area contributed by atoms with Gasteiger partial charge in [-0.2, -0.15) is 0 Å². The lowest BCUT2D eigenvalue weighted by molar-refractivity contribution is 0.0915. The number of ketones is 1. The Morgan fingerprint density at radius 1 is 1.04 bits per heavy atom. The average Bonchev–Trinajstić information content (AvgIpc) is 2.54. The molecule has 0 aliphatic rings. The van der Waals surface area contributed by atoms with Crippen molar-refractivity contribution in [3.63, 3.8) is 0 Å². The van der Waals surface area contributed by atoms with Gasteiger partial charge in [-0.1, -0.05) is 30.3 Å². The van der Waals surface area contributed by atoms with Gasteiger partial charge in [-0.05, 0) is 44.0 Å². The fraction of sp³-hybridized carbons (Fsp3) is 0.263. The van der Waals surface area contributed by atoms with E-state index in [9.17, 15) is 14.7 Å². The number of hydrogen-bond donors (Lipinski definition) is 2. The van der Waals surface area contributed by atoms with E-state index >= 15 is 0 Å². The first-order chi connectivity index (χ1) is 10.9. The number of nitrogens with one attached hydrogen (secondary N) is 1. The molecule has 4 nitrogen and oxygen atoms in total. The minimum absolute atomic E-state index is 0.144. The highest BCUT2D eigenvalue weighted by molar-refractivity contribution is 6.15. The predicted molar refractivity (Wildman–Crippen MR) is 89.8 cm³/mol. The Hall–Kier alpha value is -2.46. The second kappa shape index (κ2) is 7.20. The summed E-state index contributed by atoms with van der Waals surface area (Å²) in [6.07, 6.45) is -0.637. The first-order valence-electron chi connectivity index (χ1n) is 7.57. The normalized spacial score (nSPS) is 11.8. The first kappa shape index (κ1) is 16.9. The Morgan fingerprint density at radius 3 is 2.30 bits per heavy atom. The topological polar surface area (TPSA) is 66.4 Å². The lowest BCUT2D eigenvalue weighted by Crippen LogP contribution is -2.31. The number of carbonyl (C=O) groups is 2. The standard InChI is InChI=1S/C19H21NO3/c1-12-8-9-15(10-13(12)2)18(22)16-6-4-5-7-17(16)19(23)20-11-14(3)21/h4-10,14,21H,11H2,1-3H3,(H,20,23). The third-order valence-corrected chi connectivity index (χ3v) is 3.74. The summed E-state index contributed by atoms with van der Waals surface area (Å²) < 4.78 is 0. The molecule has 0 fully saturated rings. The first-order valence-corrected chi connectivity index (χ1v) is 7.57. The SMILES string of the molecule is Cc1ccc(C(=O)c2ccccc2C(=O)NCC(C)O)cc1C. The summed E-state index contributed by atoms with van der Waals surface area (Å²) in [5.74, 6) is -0.547. The van der Waals surface area contributed by atoms with E-state index in [0.717, 1.165) is 11.1 Å². The van der Waals surface area contributed by atoms with Crippen molar-refractivity contribution in [2.24, 2.45) is 0 Å². The number of hydrogen-bond acceptors (Lipinski definition) is 3. The van der Waals surface area contributed by atoms with Crippen LogP contribution in [0.2, 0.25) is 0 Å². The lowest BCUT2D eigenvalue weighted by atomic mass is 9.95. The van der Waals surface area contributed by atoms with Crippen molar-refractivity contribution in [2.75, 3.05) is 6.54 Å². The van der Waals surface area contributed by atoms with Crippen LogP contribution >= 0.6 is 0 Å². The van der Waals surface area contributed by atoms with Crippen molar-refractivity contribution in [2.45, 2.75) is 26.9 Å². The fourth-order valence-corrected chi connectivity index (χ4v) is 2.25. The van der Waals surface area contributed by atoms with Gasteiger partial charge in [0.1, 0.15) is 0 Å². The van der Waals surface area contributed by atoms with Gasteiger partial charge in [-0.25, -0.2) is 0 Å². The molecule has 0 spiro atoms. The van der Waals surface area contributed by atoms with Crippen molar-refractivity contribution >= 4 is 11.7 Å². The summed E-state index contributed by atoms with van der Waals surface area (Å²) in [6.45, 7) is 5.67. The molecule has 120 valence electrons. The molecule has 0 radical (unpaired) electrons. The molecule has 1 atom stereocenters. The van der Waals surface area contributed by atoms with E-state index in [1.54, 1.807) is 37.3 Å². The maximum Gasteiger partial charge on any atom is 0.252 e. The molecule has 2 N–H and O–H groups in total. The van der Waals surface area contributed by atoms with Crippen LogP contribution in [0.1, 0.15) is 44.3 Å². The van der Waals surface area contributed by atoms with Gasteiger partial charge in [-0.3, -0.25) is 9.59 Å². The number of aliphatic hydroxyl groups is 1. The van der Waals surface area contributed by atoms with E-state index in [1.165, 1.54) is 0 Å². The Bertz CT molecular complexity index is 735. The molecular formula is C19H21NO3. The van der Waals surface area contributed by atoms with E-state index in [1.807, 2.05) is 26.0 Å². The Morgan fingerprint density at radius 2 is 1.70 bits per heavy atom. The minimum atomic E-state index is -0.637. The lowest BCUT2D eigenvalue weighted by Gasteiger charge is -2.11. The number of rotatable bonds is 5. The largest absolute Gasteiger partial charge is 0.392 e. The van der Waals surface area contributed by atoms with Crippen molar-refractivity contribution in [1.29, 1.82) is 0 Å². The molecule has 1 unspecified atom stereocenters. The molecule has 0 aliphatic carbocycles. The van der Waals surface area contributed by atoms with Crippen LogP contribution in [-0.2, 0) is 0 Å². The van der Waals surface area contributed by atoms with Crippen molar-refractivity contribution in [1.82, 2.24) is 5.32 Å². The highest BCUT2D eigenvalue weighted by Crippen LogP contribution is 2.17. The highest BCUT2D eigenvalue weighted by Gasteiger charge is 2.18. The molecule has 2 aromatic carbocycles. The van der Waals surface area contributed by atoms with E-state index in [-0.39, 0.29) is 18.2 Å². The second-order valence-electron chi connectivity index (χ2n) is 5.73. The third kappa shape index (κ3) is 4.05. The van der Waals surface area contributed by atoms with Crippen molar-refractivity contribution in [3.8, 4) is 0 Å². The molecule has 0 heterocycles. The minimum Gasteiger partial charge on any atom is -0.392 e. The van der Waals surface area contributed by atoms with Crippen LogP contribution < -0.4 is 5.32 Å². The summed E-state index contributed by atoms with van der Waals surface area (Å²) in [7, 11) is 0. The maximum absolute atomic E-state index is 12.7. The quantitative estimate of drug-likeness (QED) is 0.834. The molecule has 0 saturated heterocycles. The Labute approximate surface area is 136 Å². The van der Waals surface area contributed by atoms with Gasteiger partial charge in [0, 0.05) is 17.7 Å². The van der Waals surface area contributed by atoms with E-state index < -0.39 is 6.10 Å². The maximum atomic E-state index is 12.7. The van der Waals surface area contributed by atoms with Crippen LogP contribution in [-0.4, -0.2) is 29.4 Å². The van der Waals surface area contributed by atoms with Crippen LogP contribution in [0.15, 0.2) is 42.5 Å². The average molecular weight is 311 g/mol. The summed E-state index contributed by atoms with van der Waals surface area (Å²) in [5, 5.41) is 11.9. The molecule has 23 heavy (non-hydrogen) atoms. The van der Waals surface area contributed by atoms with Crippen LogP contribution in [0.25, 0.3) is 0 Å². The van der Waals surface area contributed by atoms with Crippen LogP contribution in [0.4, 0.5) is 0 Å². The van der Waals surface area contributed by atoms with Gasteiger partial charge in [0.15, 0.2) is 5.78 Å². The summed E-state index contributed by atoms with van der Waals surface area (Å²) >= 11 is 0. The number of aliphatic hydroxyl groups excluding tert-OH is 1. The van der Waals surface area contributed by atoms with Gasteiger partial charge >= 0.3 is 0 Å². The van der Waals surface area contributed by atoms with Gasteiger partial charge in [0.2, 0.25) is 0 Å². The van der Waals surface area contributed by atoms with Gasteiger partial charge in [0.25, 0.3) is 5.91 Å². The molecular weight excluding hydrogens is 290 g/mol.